The number of hydrogen-bond donors (Lipinski definition) is 0. The third-order valence-electron chi connectivity index (χ3n) is 3.54. The second kappa shape index (κ2) is 13.9. The van der Waals surface area contributed by atoms with E-state index in [1.807, 2.05) is 0 Å². The van der Waals surface area contributed by atoms with E-state index >= 15 is 0 Å². The molecule has 0 amide bonds. The second-order valence-corrected chi connectivity index (χ2v) is 5.56. The van der Waals surface area contributed by atoms with E-state index in [1.54, 1.807) is 0 Å². The molecule has 0 aliphatic heterocycles. The number of carbonyl (C=O) groups is 1. The first kappa shape index (κ1) is 18.5. The number of hydrogen-bond acceptors (Lipinski definition) is 2. The number of ether oxygens (including phenoxy) is 1. The zero-order chi connectivity index (χ0) is 14.3. The summed E-state index contributed by atoms with van der Waals surface area (Å²) in [6.07, 6.45) is 13.5. The molecule has 0 aliphatic carbocycles. The summed E-state index contributed by atoms with van der Waals surface area (Å²) in [6, 6.07) is 0. The topological polar surface area (TPSA) is 26.3 Å². The van der Waals surface area contributed by atoms with Crippen LogP contribution in [0.1, 0.15) is 97.8 Å². The van der Waals surface area contributed by atoms with Crippen molar-refractivity contribution in [3.05, 3.63) is 0 Å². The molecule has 2 heteroatoms. The summed E-state index contributed by atoms with van der Waals surface area (Å²) in [7, 11) is 0. The van der Waals surface area contributed by atoms with Gasteiger partial charge in [-0.2, -0.15) is 0 Å². The van der Waals surface area contributed by atoms with Gasteiger partial charge in [0.15, 0.2) is 0 Å². The average Bonchev–Trinajstić information content (AvgIpc) is 2.41. The summed E-state index contributed by atoms with van der Waals surface area (Å²) in [4.78, 5) is 11.8. The summed E-state index contributed by atoms with van der Waals surface area (Å²) in [5.74, 6) is 0.0219. The van der Waals surface area contributed by atoms with E-state index in [1.165, 1.54) is 32.1 Å². The lowest BCUT2D eigenvalue weighted by atomic mass is 10.1. The van der Waals surface area contributed by atoms with Crippen LogP contribution in [0.5, 0.6) is 0 Å². The van der Waals surface area contributed by atoms with E-state index in [0.29, 0.717) is 6.42 Å². The standard InChI is InChI=1S/C17H34O2/c1-4-7-10-11-12-15-17(18)19-16(13-8-5-2)14-9-6-3/h16H,4-15H2,1-3H3. The van der Waals surface area contributed by atoms with Crippen LogP contribution >= 0.6 is 0 Å². The molecule has 0 unspecified atom stereocenters. The molecule has 0 radical (unpaired) electrons. The average molecular weight is 270 g/mol. The molecule has 0 saturated carbocycles. The molecule has 0 aromatic heterocycles. The van der Waals surface area contributed by atoms with Crippen molar-refractivity contribution in [2.45, 2.75) is 104 Å². The van der Waals surface area contributed by atoms with E-state index in [9.17, 15) is 4.79 Å². The van der Waals surface area contributed by atoms with Crippen molar-refractivity contribution in [1.82, 2.24) is 0 Å². The highest BCUT2D eigenvalue weighted by molar-refractivity contribution is 5.69. The van der Waals surface area contributed by atoms with Gasteiger partial charge in [-0.1, -0.05) is 72.1 Å². The molecule has 19 heavy (non-hydrogen) atoms. The van der Waals surface area contributed by atoms with E-state index < -0.39 is 0 Å². The van der Waals surface area contributed by atoms with Gasteiger partial charge in [-0.3, -0.25) is 4.79 Å². The van der Waals surface area contributed by atoms with Crippen molar-refractivity contribution in [3.8, 4) is 0 Å². The van der Waals surface area contributed by atoms with Crippen molar-refractivity contribution < 1.29 is 9.53 Å². The Kier molecular flexibility index (Phi) is 13.5. The lowest BCUT2D eigenvalue weighted by Gasteiger charge is -2.17. The Hall–Kier alpha value is -0.530. The number of carbonyl (C=O) groups excluding carboxylic acids is 1. The molecular weight excluding hydrogens is 236 g/mol. The molecule has 0 aliphatic rings. The van der Waals surface area contributed by atoms with Crippen molar-refractivity contribution in [2.24, 2.45) is 0 Å². The van der Waals surface area contributed by atoms with Gasteiger partial charge in [0.2, 0.25) is 0 Å². The van der Waals surface area contributed by atoms with Gasteiger partial charge in [-0.25, -0.2) is 0 Å². The number of esters is 1. The SMILES string of the molecule is CCCCCCCC(=O)OC(CCCC)CCCC. The molecule has 0 fully saturated rings. The Morgan fingerprint density at radius 3 is 1.84 bits per heavy atom. The minimum absolute atomic E-state index is 0.0219. The maximum atomic E-state index is 11.8. The van der Waals surface area contributed by atoms with Crippen LogP contribution in [0.25, 0.3) is 0 Å². The van der Waals surface area contributed by atoms with Gasteiger partial charge < -0.3 is 4.74 Å². The fourth-order valence-electron chi connectivity index (χ4n) is 2.24. The van der Waals surface area contributed by atoms with Gasteiger partial charge in [-0.05, 0) is 19.3 Å². The largest absolute Gasteiger partial charge is 0.462 e. The van der Waals surface area contributed by atoms with Gasteiger partial charge in [0.25, 0.3) is 0 Å². The molecule has 0 aromatic rings. The first-order valence-electron chi connectivity index (χ1n) is 8.44. The van der Waals surface area contributed by atoms with Crippen molar-refractivity contribution in [3.63, 3.8) is 0 Å². The summed E-state index contributed by atoms with van der Waals surface area (Å²) < 4.78 is 5.62. The lowest BCUT2D eigenvalue weighted by Crippen LogP contribution is -2.18. The molecule has 0 N–H and O–H groups in total. The fraction of sp³-hybridized carbons (Fsp3) is 0.941. The van der Waals surface area contributed by atoms with Crippen molar-refractivity contribution >= 4 is 5.97 Å². The Labute approximate surface area is 120 Å². The first-order chi connectivity index (χ1) is 9.24. The molecule has 0 atom stereocenters. The summed E-state index contributed by atoms with van der Waals surface area (Å²) in [5.41, 5.74) is 0. The quantitative estimate of drug-likeness (QED) is 0.320. The molecule has 0 bridgehead atoms. The van der Waals surface area contributed by atoms with Gasteiger partial charge in [0.05, 0.1) is 0 Å². The molecule has 0 rings (SSSR count). The predicted octanol–water partition coefficient (Wildman–Crippen LogP) is 5.64. The third kappa shape index (κ3) is 12.3. The molecule has 0 heterocycles. The predicted molar refractivity (Wildman–Crippen MR) is 82.3 cm³/mol. The van der Waals surface area contributed by atoms with E-state index in [4.69, 9.17) is 4.74 Å². The molecule has 114 valence electrons. The van der Waals surface area contributed by atoms with Crippen LogP contribution < -0.4 is 0 Å². The Balaban J connectivity index is 3.74. The zero-order valence-electron chi connectivity index (χ0n) is 13.4. The normalized spacial score (nSPS) is 10.9. The smallest absolute Gasteiger partial charge is 0.306 e. The molecular formula is C17H34O2. The summed E-state index contributed by atoms with van der Waals surface area (Å²) in [5, 5.41) is 0. The highest BCUT2D eigenvalue weighted by Gasteiger charge is 2.13. The van der Waals surface area contributed by atoms with Crippen LogP contribution in [-0.4, -0.2) is 12.1 Å². The van der Waals surface area contributed by atoms with E-state index in [0.717, 1.165) is 38.5 Å². The summed E-state index contributed by atoms with van der Waals surface area (Å²) >= 11 is 0. The molecule has 0 aromatic carbocycles. The minimum Gasteiger partial charge on any atom is -0.462 e. The van der Waals surface area contributed by atoms with Crippen molar-refractivity contribution in [1.29, 1.82) is 0 Å². The van der Waals surface area contributed by atoms with E-state index in [-0.39, 0.29) is 12.1 Å². The van der Waals surface area contributed by atoms with Crippen LogP contribution in [0.3, 0.4) is 0 Å². The summed E-state index contributed by atoms with van der Waals surface area (Å²) in [6.45, 7) is 6.58. The zero-order valence-corrected chi connectivity index (χ0v) is 13.4. The third-order valence-corrected chi connectivity index (χ3v) is 3.54. The number of unbranched alkanes of at least 4 members (excludes halogenated alkanes) is 6. The highest BCUT2D eigenvalue weighted by atomic mass is 16.5. The van der Waals surface area contributed by atoms with Crippen molar-refractivity contribution in [2.75, 3.05) is 0 Å². The lowest BCUT2D eigenvalue weighted by molar-refractivity contribution is -0.150. The monoisotopic (exact) mass is 270 g/mol. The Bertz CT molecular complexity index is 193. The molecule has 0 spiro atoms. The van der Waals surface area contributed by atoms with Gasteiger partial charge in [0, 0.05) is 6.42 Å². The Morgan fingerprint density at radius 2 is 1.32 bits per heavy atom. The molecule has 2 nitrogen and oxygen atoms in total. The first-order valence-corrected chi connectivity index (χ1v) is 8.44. The Morgan fingerprint density at radius 1 is 0.789 bits per heavy atom. The maximum absolute atomic E-state index is 11.8. The minimum atomic E-state index is 0.0219. The van der Waals surface area contributed by atoms with Gasteiger partial charge >= 0.3 is 5.97 Å². The fourth-order valence-corrected chi connectivity index (χ4v) is 2.24. The number of rotatable bonds is 13. The van der Waals surface area contributed by atoms with E-state index in [2.05, 4.69) is 20.8 Å². The van der Waals surface area contributed by atoms with Gasteiger partial charge in [0.1, 0.15) is 6.10 Å². The van der Waals surface area contributed by atoms with Crippen LogP contribution in [-0.2, 0) is 9.53 Å². The molecule has 0 saturated heterocycles. The van der Waals surface area contributed by atoms with Gasteiger partial charge in [-0.15, -0.1) is 0 Å². The van der Waals surface area contributed by atoms with Crippen LogP contribution in [0.4, 0.5) is 0 Å². The van der Waals surface area contributed by atoms with Crippen LogP contribution in [0, 0.1) is 0 Å². The maximum Gasteiger partial charge on any atom is 0.306 e. The van der Waals surface area contributed by atoms with Crippen LogP contribution in [0.15, 0.2) is 0 Å². The second-order valence-electron chi connectivity index (χ2n) is 5.56. The van der Waals surface area contributed by atoms with Crippen LogP contribution in [0.2, 0.25) is 0 Å². The highest BCUT2D eigenvalue weighted by Crippen LogP contribution is 2.14.